The first kappa shape index (κ1) is 8.54. The van der Waals surface area contributed by atoms with Gasteiger partial charge in [0.2, 0.25) is 0 Å². The summed E-state index contributed by atoms with van der Waals surface area (Å²) in [5, 5.41) is 16.9. The topological polar surface area (TPSA) is 47.6 Å². The van der Waals surface area contributed by atoms with Gasteiger partial charge in [-0.05, 0) is 6.92 Å². The van der Waals surface area contributed by atoms with E-state index in [1.807, 2.05) is 19.1 Å². The van der Waals surface area contributed by atoms with Crippen LogP contribution < -0.4 is 0 Å². The molecule has 50 valence electrons. The van der Waals surface area contributed by atoms with Crippen LogP contribution in [-0.2, 0) is 0 Å². The molecule has 0 saturated carbocycles. The predicted octanol–water partition coefficient (Wildman–Crippen LogP) is 1.45. The van der Waals surface area contributed by atoms with Crippen LogP contribution in [0, 0.1) is 39.9 Å². The van der Waals surface area contributed by atoms with Crippen molar-refractivity contribution in [2.45, 2.75) is 20.3 Å². The molecule has 2 nitrogen and oxygen atoms in total. The maximum Gasteiger partial charge on any atom is 0.200 e. The van der Waals surface area contributed by atoms with E-state index in [1.54, 1.807) is 0 Å². The van der Waals surface area contributed by atoms with Gasteiger partial charge < -0.3 is 0 Å². The van der Waals surface area contributed by atoms with Crippen LogP contribution in [0.2, 0.25) is 0 Å². The smallest absolute Gasteiger partial charge is 0.195 e. The summed E-state index contributed by atoms with van der Waals surface area (Å²) in [5.41, 5.74) is -1.12. The Morgan fingerprint density at radius 3 is 2.10 bits per heavy atom. The Morgan fingerprint density at radius 2 is 1.80 bits per heavy atom. The van der Waals surface area contributed by atoms with Gasteiger partial charge in [-0.3, -0.25) is 0 Å². The van der Waals surface area contributed by atoms with Crippen molar-refractivity contribution >= 4 is 0 Å². The number of nitriles is 2. The minimum atomic E-state index is -1.12. The summed E-state index contributed by atoms with van der Waals surface area (Å²) in [4.78, 5) is 0. The standard InChI is InChI=1S/C8H8N2/c1-3-4-5-8(2,6-9)7-10/h3H2,1-2H3. The van der Waals surface area contributed by atoms with Gasteiger partial charge in [0, 0.05) is 6.42 Å². The lowest BCUT2D eigenvalue weighted by Gasteiger charge is -1.98. The van der Waals surface area contributed by atoms with Gasteiger partial charge >= 0.3 is 0 Å². The zero-order valence-corrected chi connectivity index (χ0v) is 6.10. The van der Waals surface area contributed by atoms with Crippen molar-refractivity contribution in [3.05, 3.63) is 0 Å². The maximum atomic E-state index is 8.44. The van der Waals surface area contributed by atoms with Gasteiger partial charge in [-0.15, -0.1) is 5.92 Å². The molecule has 0 N–H and O–H groups in total. The molecule has 0 bridgehead atoms. The van der Waals surface area contributed by atoms with Crippen LogP contribution in [0.25, 0.3) is 0 Å². The molecule has 0 radical (unpaired) electrons. The molecule has 0 aliphatic heterocycles. The van der Waals surface area contributed by atoms with Crippen LogP contribution in [0.15, 0.2) is 0 Å². The molecule has 0 aliphatic carbocycles. The molecule has 0 spiro atoms. The lowest BCUT2D eigenvalue weighted by atomic mass is 9.96. The number of nitrogens with zero attached hydrogens (tertiary/aromatic N) is 2. The lowest BCUT2D eigenvalue weighted by molar-refractivity contribution is 0.786. The SMILES string of the molecule is CCC#CC(C)(C#N)C#N. The molecule has 0 atom stereocenters. The lowest BCUT2D eigenvalue weighted by Crippen LogP contribution is -2.05. The molecule has 0 amide bonds. The van der Waals surface area contributed by atoms with Gasteiger partial charge in [-0.25, -0.2) is 0 Å². The van der Waals surface area contributed by atoms with E-state index in [4.69, 9.17) is 10.5 Å². The van der Waals surface area contributed by atoms with E-state index in [0.717, 1.165) is 0 Å². The minimum Gasteiger partial charge on any atom is -0.195 e. The molecule has 0 aromatic rings. The minimum absolute atomic E-state index is 0.680. The van der Waals surface area contributed by atoms with Crippen molar-refractivity contribution in [3.8, 4) is 24.0 Å². The number of hydrogen-bond donors (Lipinski definition) is 0. The highest BCUT2D eigenvalue weighted by Crippen LogP contribution is 2.09. The quantitative estimate of drug-likeness (QED) is 0.468. The second-order valence-electron chi connectivity index (χ2n) is 2.00. The first-order valence-corrected chi connectivity index (χ1v) is 3.01. The molecule has 2 heteroatoms. The summed E-state index contributed by atoms with van der Waals surface area (Å²) in [6.07, 6.45) is 0.680. The largest absolute Gasteiger partial charge is 0.200 e. The molecule has 0 aromatic heterocycles. The van der Waals surface area contributed by atoms with E-state index in [2.05, 4.69) is 11.8 Å². The third kappa shape index (κ3) is 2.21. The highest BCUT2D eigenvalue weighted by molar-refractivity contribution is 5.29. The summed E-state index contributed by atoms with van der Waals surface area (Å²) in [5.74, 6) is 5.27. The van der Waals surface area contributed by atoms with Crippen molar-refractivity contribution < 1.29 is 0 Å². The Kier molecular flexibility index (Phi) is 3.03. The van der Waals surface area contributed by atoms with Crippen molar-refractivity contribution in [2.75, 3.05) is 0 Å². The van der Waals surface area contributed by atoms with Gasteiger partial charge in [-0.2, -0.15) is 10.5 Å². The zero-order valence-electron chi connectivity index (χ0n) is 6.10. The molecule has 0 rings (SSSR count). The predicted molar refractivity (Wildman–Crippen MR) is 37.4 cm³/mol. The molecule has 0 heterocycles. The maximum absolute atomic E-state index is 8.44. The Hall–Kier alpha value is -1.46. The second-order valence-corrected chi connectivity index (χ2v) is 2.00. The van der Waals surface area contributed by atoms with E-state index in [0.29, 0.717) is 6.42 Å². The van der Waals surface area contributed by atoms with Crippen molar-refractivity contribution in [1.29, 1.82) is 10.5 Å². The summed E-state index contributed by atoms with van der Waals surface area (Å²) in [7, 11) is 0. The fourth-order valence-corrected chi connectivity index (χ4v) is 0.346. The van der Waals surface area contributed by atoms with Crippen molar-refractivity contribution in [1.82, 2.24) is 0 Å². The fourth-order valence-electron chi connectivity index (χ4n) is 0.346. The molecule has 0 aliphatic rings. The normalized spacial score (nSPS) is 8.40. The van der Waals surface area contributed by atoms with Crippen molar-refractivity contribution in [3.63, 3.8) is 0 Å². The molecular formula is C8H8N2. The van der Waals surface area contributed by atoms with Crippen LogP contribution in [-0.4, -0.2) is 0 Å². The fraction of sp³-hybridized carbons (Fsp3) is 0.500. The van der Waals surface area contributed by atoms with Gasteiger partial charge in [0.25, 0.3) is 0 Å². The average molecular weight is 132 g/mol. The molecule has 0 unspecified atom stereocenters. The Labute approximate surface area is 61.1 Å². The van der Waals surface area contributed by atoms with Gasteiger partial charge in [-0.1, -0.05) is 12.8 Å². The van der Waals surface area contributed by atoms with E-state index < -0.39 is 5.41 Å². The zero-order chi connectivity index (χ0) is 8.04. The average Bonchev–Trinajstić information content (AvgIpc) is 2.00. The van der Waals surface area contributed by atoms with E-state index in [9.17, 15) is 0 Å². The summed E-state index contributed by atoms with van der Waals surface area (Å²) in [6.45, 7) is 3.39. The molecule has 10 heavy (non-hydrogen) atoms. The van der Waals surface area contributed by atoms with E-state index in [-0.39, 0.29) is 0 Å². The van der Waals surface area contributed by atoms with E-state index >= 15 is 0 Å². The highest BCUT2D eigenvalue weighted by Gasteiger charge is 2.18. The first-order valence-electron chi connectivity index (χ1n) is 3.01. The molecule has 0 fully saturated rings. The molecular weight excluding hydrogens is 124 g/mol. The third-order valence-corrected chi connectivity index (χ3v) is 0.962. The van der Waals surface area contributed by atoms with Gasteiger partial charge in [0.15, 0.2) is 5.41 Å². The highest BCUT2D eigenvalue weighted by atomic mass is 14.4. The monoisotopic (exact) mass is 132 g/mol. The van der Waals surface area contributed by atoms with Gasteiger partial charge in [0.1, 0.15) is 0 Å². The van der Waals surface area contributed by atoms with Crippen LogP contribution in [0.4, 0.5) is 0 Å². The van der Waals surface area contributed by atoms with Crippen LogP contribution in [0.1, 0.15) is 20.3 Å². The van der Waals surface area contributed by atoms with Crippen LogP contribution >= 0.6 is 0 Å². The Balaban J connectivity index is 4.44. The van der Waals surface area contributed by atoms with Crippen LogP contribution in [0.3, 0.4) is 0 Å². The number of rotatable bonds is 0. The number of hydrogen-bond acceptors (Lipinski definition) is 2. The van der Waals surface area contributed by atoms with Gasteiger partial charge in [0.05, 0.1) is 12.1 Å². The van der Waals surface area contributed by atoms with E-state index in [1.165, 1.54) is 6.92 Å². The Morgan fingerprint density at radius 1 is 1.30 bits per heavy atom. The summed E-state index contributed by atoms with van der Waals surface area (Å²) >= 11 is 0. The molecule has 0 aromatic carbocycles. The first-order chi connectivity index (χ1) is 4.68. The molecule has 0 saturated heterocycles. The Bertz CT molecular complexity index is 227. The second kappa shape index (κ2) is 3.54. The summed E-state index contributed by atoms with van der Waals surface area (Å²) < 4.78 is 0. The van der Waals surface area contributed by atoms with Crippen molar-refractivity contribution in [2.24, 2.45) is 5.41 Å². The summed E-state index contributed by atoms with van der Waals surface area (Å²) in [6, 6.07) is 3.66. The third-order valence-electron chi connectivity index (χ3n) is 0.962. The van der Waals surface area contributed by atoms with Crippen LogP contribution in [0.5, 0.6) is 0 Å².